The Labute approximate surface area is 109 Å². The molecule has 0 fully saturated rings. The maximum atomic E-state index is 13.0. The van der Waals surface area contributed by atoms with Crippen molar-refractivity contribution in [3.8, 4) is 0 Å². The Kier molecular flexibility index (Phi) is 7.35. The van der Waals surface area contributed by atoms with Gasteiger partial charge in [0.25, 0.3) is 0 Å². The van der Waals surface area contributed by atoms with E-state index in [9.17, 15) is 4.39 Å². The summed E-state index contributed by atoms with van der Waals surface area (Å²) in [6.45, 7) is 2.52. The number of methoxy groups -OCH3 is 1. The highest BCUT2D eigenvalue weighted by molar-refractivity contribution is 9.10. The highest BCUT2D eigenvalue weighted by atomic mass is 79.9. The normalized spacial score (nSPS) is 10.8. The summed E-state index contributed by atoms with van der Waals surface area (Å²) in [5.74, 6) is -0.269. The molecule has 17 heavy (non-hydrogen) atoms. The third-order valence-electron chi connectivity index (χ3n) is 1.99. The third-order valence-corrected chi connectivity index (χ3v) is 2.45. The Morgan fingerprint density at radius 3 is 2.47 bits per heavy atom. The molecule has 96 valence electrons. The molecule has 0 spiro atoms. The van der Waals surface area contributed by atoms with Crippen molar-refractivity contribution in [2.24, 2.45) is 0 Å². The zero-order chi connectivity index (χ0) is 12.5. The van der Waals surface area contributed by atoms with Crippen molar-refractivity contribution in [1.82, 2.24) is 0 Å². The highest BCUT2D eigenvalue weighted by Gasteiger charge is 1.99. The van der Waals surface area contributed by atoms with Crippen molar-refractivity contribution in [2.75, 3.05) is 33.5 Å². The molecule has 0 aliphatic carbocycles. The van der Waals surface area contributed by atoms with E-state index in [4.69, 9.17) is 14.2 Å². The fraction of sp³-hybridized carbons (Fsp3) is 0.500. The summed E-state index contributed by atoms with van der Waals surface area (Å²) in [5, 5.41) is 0. The third kappa shape index (κ3) is 6.73. The zero-order valence-corrected chi connectivity index (χ0v) is 11.3. The molecule has 0 aliphatic rings. The van der Waals surface area contributed by atoms with Crippen LogP contribution < -0.4 is 0 Å². The molecular weight excluding hydrogens is 291 g/mol. The van der Waals surface area contributed by atoms with Crippen molar-refractivity contribution in [2.45, 2.75) is 6.61 Å². The van der Waals surface area contributed by atoms with Crippen LogP contribution in [0.3, 0.4) is 0 Å². The summed E-state index contributed by atoms with van der Waals surface area (Å²) in [7, 11) is 1.63. The van der Waals surface area contributed by atoms with E-state index in [1.807, 2.05) is 6.07 Å². The number of hydrogen-bond donors (Lipinski definition) is 0. The molecule has 0 aromatic heterocycles. The van der Waals surface area contributed by atoms with Gasteiger partial charge in [-0.05, 0) is 23.8 Å². The van der Waals surface area contributed by atoms with Crippen molar-refractivity contribution < 1.29 is 18.6 Å². The lowest BCUT2D eigenvalue weighted by Gasteiger charge is -2.06. The standard InChI is InChI=1S/C12H16BrFO3/c1-15-2-3-16-4-5-17-9-10-6-11(13)8-12(14)7-10/h6-8H,2-5,9H2,1H3. The van der Waals surface area contributed by atoms with Crippen LogP contribution in [0, 0.1) is 5.82 Å². The van der Waals surface area contributed by atoms with Crippen molar-refractivity contribution in [1.29, 1.82) is 0 Å². The predicted molar refractivity (Wildman–Crippen MR) is 66.5 cm³/mol. The lowest BCUT2D eigenvalue weighted by Crippen LogP contribution is -2.08. The average molecular weight is 307 g/mol. The quantitative estimate of drug-likeness (QED) is 0.691. The molecule has 5 heteroatoms. The first-order valence-electron chi connectivity index (χ1n) is 5.32. The predicted octanol–water partition coefficient (Wildman–Crippen LogP) is 2.77. The van der Waals surface area contributed by atoms with E-state index in [0.717, 1.165) is 5.56 Å². The summed E-state index contributed by atoms with van der Waals surface area (Å²) in [4.78, 5) is 0. The molecule has 0 saturated heterocycles. The molecule has 1 rings (SSSR count). The van der Waals surface area contributed by atoms with Gasteiger partial charge in [0.1, 0.15) is 5.82 Å². The second-order valence-corrected chi connectivity index (χ2v) is 4.35. The van der Waals surface area contributed by atoms with Gasteiger partial charge in [0.15, 0.2) is 0 Å². The number of ether oxygens (including phenoxy) is 3. The maximum absolute atomic E-state index is 13.0. The van der Waals surface area contributed by atoms with E-state index in [1.54, 1.807) is 7.11 Å². The van der Waals surface area contributed by atoms with Crippen LogP contribution in [0.1, 0.15) is 5.56 Å². The van der Waals surface area contributed by atoms with Crippen molar-refractivity contribution in [3.63, 3.8) is 0 Å². The molecule has 0 atom stereocenters. The number of halogens is 2. The zero-order valence-electron chi connectivity index (χ0n) is 9.75. The molecule has 0 N–H and O–H groups in total. The van der Waals surface area contributed by atoms with Gasteiger partial charge in [-0.15, -0.1) is 0 Å². The van der Waals surface area contributed by atoms with E-state index in [2.05, 4.69) is 15.9 Å². The fourth-order valence-corrected chi connectivity index (χ4v) is 1.76. The molecule has 1 aromatic carbocycles. The van der Waals surface area contributed by atoms with Crippen LogP contribution in [0.15, 0.2) is 22.7 Å². The number of benzene rings is 1. The van der Waals surface area contributed by atoms with Crippen LogP contribution in [0.25, 0.3) is 0 Å². The minimum atomic E-state index is -0.269. The van der Waals surface area contributed by atoms with Gasteiger partial charge in [0.2, 0.25) is 0 Å². The van der Waals surface area contributed by atoms with Gasteiger partial charge in [-0.1, -0.05) is 15.9 Å². The minimum absolute atomic E-state index is 0.269. The molecule has 3 nitrogen and oxygen atoms in total. The van der Waals surface area contributed by atoms with Crippen molar-refractivity contribution >= 4 is 15.9 Å². The molecule has 0 amide bonds. The van der Waals surface area contributed by atoms with Gasteiger partial charge in [-0.2, -0.15) is 0 Å². The molecular formula is C12H16BrFO3. The smallest absolute Gasteiger partial charge is 0.124 e. The highest BCUT2D eigenvalue weighted by Crippen LogP contribution is 2.15. The Hall–Kier alpha value is -0.490. The fourth-order valence-electron chi connectivity index (χ4n) is 1.25. The van der Waals surface area contributed by atoms with E-state index in [1.165, 1.54) is 12.1 Å². The first-order valence-corrected chi connectivity index (χ1v) is 6.11. The van der Waals surface area contributed by atoms with Gasteiger partial charge >= 0.3 is 0 Å². The lowest BCUT2D eigenvalue weighted by atomic mass is 10.2. The van der Waals surface area contributed by atoms with Gasteiger partial charge in [-0.3, -0.25) is 0 Å². The van der Waals surface area contributed by atoms with Gasteiger partial charge in [-0.25, -0.2) is 4.39 Å². The van der Waals surface area contributed by atoms with Gasteiger partial charge in [0, 0.05) is 11.6 Å². The molecule has 1 aromatic rings. The van der Waals surface area contributed by atoms with Crippen LogP contribution in [0.4, 0.5) is 4.39 Å². The van der Waals surface area contributed by atoms with Crippen LogP contribution in [-0.4, -0.2) is 33.5 Å². The number of hydrogen-bond acceptors (Lipinski definition) is 3. The SMILES string of the molecule is COCCOCCOCc1cc(F)cc(Br)c1. The van der Waals surface area contributed by atoms with E-state index in [0.29, 0.717) is 37.5 Å². The first kappa shape index (κ1) is 14.6. The number of rotatable bonds is 8. The van der Waals surface area contributed by atoms with E-state index in [-0.39, 0.29) is 5.82 Å². The molecule has 0 unspecified atom stereocenters. The van der Waals surface area contributed by atoms with Crippen LogP contribution in [0.5, 0.6) is 0 Å². The average Bonchev–Trinajstić information content (AvgIpc) is 2.26. The molecule has 0 saturated carbocycles. The van der Waals surface area contributed by atoms with Gasteiger partial charge < -0.3 is 14.2 Å². The summed E-state index contributed by atoms with van der Waals surface area (Å²) < 4.78 is 29.1. The Morgan fingerprint density at radius 2 is 1.76 bits per heavy atom. The Bertz CT molecular complexity index is 313. The molecule has 0 bridgehead atoms. The molecule has 0 aliphatic heterocycles. The maximum Gasteiger partial charge on any atom is 0.124 e. The van der Waals surface area contributed by atoms with Crippen LogP contribution >= 0.6 is 15.9 Å². The second kappa shape index (κ2) is 8.58. The van der Waals surface area contributed by atoms with Crippen LogP contribution in [0.2, 0.25) is 0 Å². The summed E-state index contributed by atoms with van der Waals surface area (Å²) in [5.41, 5.74) is 0.800. The Balaban J connectivity index is 2.13. The summed E-state index contributed by atoms with van der Waals surface area (Å²) >= 11 is 3.23. The summed E-state index contributed by atoms with van der Waals surface area (Å²) in [6.07, 6.45) is 0. The topological polar surface area (TPSA) is 27.7 Å². The monoisotopic (exact) mass is 306 g/mol. The molecule has 0 radical (unpaired) electrons. The van der Waals surface area contributed by atoms with Crippen molar-refractivity contribution in [3.05, 3.63) is 34.1 Å². The lowest BCUT2D eigenvalue weighted by molar-refractivity contribution is 0.0199. The first-order chi connectivity index (χ1) is 8.22. The second-order valence-electron chi connectivity index (χ2n) is 3.44. The minimum Gasteiger partial charge on any atom is -0.382 e. The van der Waals surface area contributed by atoms with E-state index >= 15 is 0 Å². The van der Waals surface area contributed by atoms with Gasteiger partial charge in [0.05, 0.1) is 33.0 Å². The molecule has 0 heterocycles. The summed E-state index contributed by atoms with van der Waals surface area (Å²) in [6, 6.07) is 4.70. The van der Waals surface area contributed by atoms with E-state index < -0.39 is 0 Å². The van der Waals surface area contributed by atoms with Crippen LogP contribution in [-0.2, 0) is 20.8 Å². The Morgan fingerprint density at radius 1 is 1.06 bits per heavy atom. The largest absolute Gasteiger partial charge is 0.382 e.